The third kappa shape index (κ3) is 5.20. The summed E-state index contributed by atoms with van der Waals surface area (Å²) in [6, 6.07) is 12.3. The molecule has 7 heteroatoms. The van der Waals surface area contributed by atoms with Crippen LogP contribution in [0.3, 0.4) is 0 Å². The predicted molar refractivity (Wildman–Crippen MR) is 104 cm³/mol. The summed E-state index contributed by atoms with van der Waals surface area (Å²) in [5.74, 6) is -0.0390. The van der Waals surface area contributed by atoms with Gasteiger partial charge in [-0.3, -0.25) is 14.9 Å². The van der Waals surface area contributed by atoms with Crippen molar-refractivity contribution in [2.75, 3.05) is 26.0 Å². The van der Waals surface area contributed by atoms with Gasteiger partial charge in [0.1, 0.15) is 0 Å². The second-order valence-corrected chi connectivity index (χ2v) is 6.75. The summed E-state index contributed by atoms with van der Waals surface area (Å²) in [6.07, 6.45) is 0.994. The van der Waals surface area contributed by atoms with Crippen molar-refractivity contribution in [1.82, 2.24) is 4.90 Å². The molecule has 0 atom stereocenters. The number of nitro groups is 1. The molecule has 2 rings (SSSR count). The molecule has 138 valence electrons. The molecule has 26 heavy (non-hydrogen) atoms. The number of hydrogen-bond donors (Lipinski definition) is 0. The van der Waals surface area contributed by atoms with Gasteiger partial charge in [0.2, 0.25) is 5.91 Å². The Kier molecular flexibility index (Phi) is 6.58. The number of benzene rings is 2. The van der Waals surface area contributed by atoms with Crippen molar-refractivity contribution in [3.63, 3.8) is 0 Å². The normalized spacial score (nSPS) is 10.5. The molecule has 2 aromatic carbocycles. The number of carbonyl (C=O) groups excluding carboxylic acids is 1. The summed E-state index contributed by atoms with van der Waals surface area (Å²) < 4.78 is 0. The molecule has 0 saturated heterocycles. The van der Waals surface area contributed by atoms with Gasteiger partial charge >= 0.3 is 0 Å². The summed E-state index contributed by atoms with van der Waals surface area (Å²) in [5.41, 5.74) is 2.70. The van der Waals surface area contributed by atoms with E-state index in [1.54, 1.807) is 11.9 Å². The van der Waals surface area contributed by atoms with Crippen LogP contribution in [0.5, 0.6) is 0 Å². The highest BCUT2D eigenvalue weighted by molar-refractivity contribution is 6.31. The van der Waals surface area contributed by atoms with Gasteiger partial charge in [-0.25, -0.2) is 0 Å². The molecule has 6 nitrogen and oxygen atoms in total. The molecule has 0 spiro atoms. The molecule has 0 saturated carbocycles. The Morgan fingerprint density at radius 1 is 1.15 bits per heavy atom. The molecule has 0 unspecified atom stereocenters. The first-order chi connectivity index (χ1) is 12.3. The lowest BCUT2D eigenvalue weighted by molar-refractivity contribution is -0.384. The largest absolute Gasteiger partial charge is 0.378 e. The Morgan fingerprint density at radius 2 is 1.88 bits per heavy atom. The minimum atomic E-state index is -0.473. The average Bonchev–Trinajstić information content (AvgIpc) is 2.61. The van der Waals surface area contributed by atoms with Gasteiger partial charge in [0, 0.05) is 57.0 Å². The van der Waals surface area contributed by atoms with Crippen molar-refractivity contribution in [2.45, 2.75) is 19.4 Å². The number of non-ortho nitro benzene ring substituents is 1. The number of rotatable bonds is 7. The number of halogens is 1. The molecule has 0 aliphatic rings. The Balaban J connectivity index is 1.99. The highest BCUT2D eigenvalue weighted by atomic mass is 35.5. The van der Waals surface area contributed by atoms with Crippen molar-refractivity contribution in [3.05, 3.63) is 68.7 Å². The van der Waals surface area contributed by atoms with Crippen molar-refractivity contribution in [2.24, 2.45) is 0 Å². The third-order valence-corrected chi connectivity index (χ3v) is 4.50. The SMILES string of the molecule is CN(Cc1cc([N+](=O)[O-])ccc1Cl)C(=O)CCc1cccc(N(C)C)c1. The van der Waals surface area contributed by atoms with E-state index in [1.807, 2.05) is 37.2 Å². The van der Waals surface area contributed by atoms with Crippen LogP contribution < -0.4 is 4.90 Å². The number of aryl methyl sites for hydroxylation is 1. The van der Waals surface area contributed by atoms with Crippen LogP contribution in [-0.2, 0) is 17.8 Å². The fourth-order valence-corrected chi connectivity index (χ4v) is 2.75. The standard InChI is InChI=1S/C19H22ClN3O3/c1-21(2)16-6-4-5-14(11-16)7-10-19(24)22(3)13-15-12-17(23(25)26)8-9-18(15)20/h4-6,8-9,11-12H,7,10,13H2,1-3H3. The Labute approximate surface area is 158 Å². The van der Waals surface area contributed by atoms with Gasteiger partial charge < -0.3 is 9.80 Å². The van der Waals surface area contributed by atoms with Crippen LogP contribution in [0.2, 0.25) is 5.02 Å². The number of amides is 1. The van der Waals surface area contributed by atoms with E-state index in [0.717, 1.165) is 11.3 Å². The van der Waals surface area contributed by atoms with Crippen molar-refractivity contribution < 1.29 is 9.72 Å². The summed E-state index contributed by atoms with van der Waals surface area (Å²) in [6.45, 7) is 0.233. The molecule has 0 aliphatic heterocycles. The summed E-state index contributed by atoms with van der Waals surface area (Å²) in [4.78, 5) is 26.4. The van der Waals surface area contributed by atoms with Gasteiger partial charge in [-0.05, 0) is 35.7 Å². The molecular weight excluding hydrogens is 354 g/mol. The molecule has 0 aliphatic carbocycles. The Morgan fingerprint density at radius 3 is 2.54 bits per heavy atom. The number of carbonyl (C=O) groups is 1. The van der Waals surface area contributed by atoms with Crippen molar-refractivity contribution >= 4 is 28.9 Å². The number of nitrogens with zero attached hydrogens (tertiary/aromatic N) is 3. The molecule has 1 amide bonds. The van der Waals surface area contributed by atoms with Gasteiger partial charge in [0.05, 0.1) is 4.92 Å². The van der Waals surface area contributed by atoms with E-state index in [2.05, 4.69) is 6.07 Å². The molecule has 0 aromatic heterocycles. The molecule has 0 radical (unpaired) electrons. The zero-order valence-corrected chi connectivity index (χ0v) is 15.9. The van der Waals surface area contributed by atoms with E-state index in [0.29, 0.717) is 23.4 Å². The smallest absolute Gasteiger partial charge is 0.269 e. The zero-order chi connectivity index (χ0) is 19.3. The lowest BCUT2D eigenvalue weighted by Gasteiger charge is -2.18. The molecule has 0 fully saturated rings. The van der Waals surface area contributed by atoms with E-state index >= 15 is 0 Å². The van der Waals surface area contributed by atoms with Gasteiger partial charge in [0.25, 0.3) is 5.69 Å². The molecule has 0 heterocycles. The first-order valence-corrected chi connectivity index (χ1v) is 8.58. The third-order valence-electron chi connectivity index (χ3n) is 4.13. The van der Waals surface area contributed by atoms with Crippen LogP contribution in [0.1, 0.15) is 17.5 Å². The van der Waals surface area contributed by atoms with Crippen LogP contribution >= 0.6 is 11.6 Å². The maximum atomic E-state index is 12.4. The minimum absolute atomic E-state index is 0.0363. The second-order valence-electron chi connectivity index (χ2n) is 6.35. The summed E-state index contributed by atoms with van der Waals surface area (Å²) >= 11 is 6.10. The minimum Gasteiger partial charge on any atom is -0.378 e. The number of nitro benzene ring substituents is 1. The van der Waals surface area contributed by atoms with E-state index in [4.69, 9.17) is 11.6 Å². The number of hydrogen-bond acceptors (Lipinski definition) is 4. The first-order valence-electron chi connectivity index (χ1n) is 8.21. The van der Waals surface area contributed by atoms with Crippen LogP contribution in [0.25, 0.3) is 0 Å². The number of anilines is 1. The second kappa shape index (κ2) is 8.67. The quantitative estimate of drug-likeness (QED) is 0.543. The van der Waals surface area contributed by atoms with E-state index in [-0.39, 0.29) is 18.1 Å². The molecule has 2 aromatic rings. The lowest BCUT2D eigenvalue weighted by Crippen LogP contribution is -2.26. The maximum absolute atomic E-state index is 12.4. The molecule has 0 bridgehead atoms. The highest BCUT2D eigenvalue weighted by Gasteiger charge is 2.15. The maximum Gasteiger partial charge on any atom is 0.269 e. The van der Waals surface area contributed by atoms with E-state index in [1.165, 1.54) is 18.2 Å². The van der Waals surface area contributed by atoms with Gasteiger partial charge in [-0.1, -0.05) is 23.7 Å². The van der Waals surface area contributed by atoms with Crippen LogP contribution in [0, 0.1) is 10.1 Å². The van der Waals surface area contributed by atoms with Gasteiger partial charge in [-0.2, -0.15) is 0 Å². The molecular formula is C19H22ClN3O3. The summed E-state index contributed by atoms with van der Waals surface area (Å²) in [7, 11) is 5.62. The van der Waals surface area contributed by atoms with Crippen LogP contribution in [0.15, 0.2) is 42.5 Å². The van der Waals surface area contributed by atoms with Gasteiger partial charge in [0.15, 0.2) is 0 Å². The fourth-order valence-electron chi connectivity index (χ4n) is 2.57. The zero-order valence-electron chi connectivity index (χ0n) is 15.1. The van der Waals surface area contributed by atoms with Crippen LogP contribution in [0.4, 0.5) is 11.4 Å². The topological polar surface area (TPSA) is 66.7 Å². The average molecular weight is 376 g/mol. The first kappa shape index (κ1) is 19.7. The Hall–Kier alpha value is -2.60. The monoisotopic (exact) mass is 375 g/mol. The Bertz CT molecular complexity index is 808. The lowest BCUT2D eigenvalue weighted by atomic mass is 10.1. The van der Waals surface area contributed by atoms with Crippen molar-refractivity contribution in [3.8, 4) is 0 Å². The highest BCUT2D eigenvalue weighted by Crippen LogP contribution is 2.23. The van der Waals surface area contributed by atoms with E-state index in [9.17, 15) is 14.9 Å². The predicted octanol–water partition coefficient (Wildman–Crippen LogP) is 3.91. The van der Waals surface area contributed by atoms with E-state index < -0.39 is 4.92 Å². The van der Waals surface area contributed by atoms with Crippen molar-refractivity contribution in [1.29, 1.82) is 0 Å². The van der Waals surface area contributed by atoms with Crippen LogP contribution in [-0.4, -0.2) is 36.9 Å². The summed E-state index contributed by atoms with van der Waals surface area (Å²) in [5, 5.41) is 11.3. The molecule has 0 N–H and O–H groups in total. The fraction of sp³-hybridized carbons (Fsp3) is 0.316. The van der Waals surface area contributed by atoms with Gasteiger partial charge in [-0.15, -0.1) is 0 Å².